The smallest absolute Gasteiger partial charge is 0.330 e. The van der Waals surface area contributed by atoms with E-state index in [0.29, 0.717) is 5.56 Å². The molecule has 0 radical (unpaired) electrons. The van der Waals surface area contributed by atoms with Gasteiger partial charge in [0.1, 0.15) is 15.9 Å². The zero-order valence-electron chi connectivity index (χ0n) is 9.59. The van der Waals surface area contributed by atoms with Crippen LogP contribution in [-0.2, 0) is 4.74 Å². The van der Waals surface area contributed by atoms with Crippen LogP contribution < -0.4 is 11.2 Å². The minimum Gasteiger partial charge on any atom is -0.394 e. The van der Waals surface area contributed by atoms with Crippen molar-refractivity contribution in [3.05, 3.63) is 32.6 Å². The van der Waals surface area contributed by atoms with Gasteiger partial charge in [-0.15, -0.1) is 0 Å². The number of H-pyrrole nitrogens is 1. The fourth-order valence-corrected chi connectivity index (χ4v) is 2.59. The summed E-state index contributed by atoms with van der Waals surface area (Å²) in [7, 11) is 0. The van der Waals surface area contributed by atoms with Crippen LogP contribution in [0.15, 0.2) is 15.8 Å². The predicted molar refractivity (Wildman–Crippen MR) is 70.6 cm³/mol. The Bertz CT molecular complexity index is 564. The number of nitrogens with zero attached hydrogens (tertiary/aromatic N) is 1. The third-order valence-electron chi connectivity index (χ3n) is 2.90. The van der Waals surface area contributed by atoms with Crippen molar-refractivity contribution < 1.29 is 14.9 Å². The Morgan fingerprint density at radius 1 is 1.67 bits per heavy atom. The van der Waals surface area contributed by atoms with Crippen LogP contribution in [0.25, 0.3) is 0 Å². The molecular weight excluding hydrogens is 355 g/mol. The van der Waals surface area contributed by atoms with Crippen molar-refractivity contribution in [1.29, 1.82) is 0 Å². The molecule has 0 aromatic carbocycles. The van der Waals surface area contributed by atoms with E-state index < -0.39 is 27.2 Å². The molecule has 8 heteroatoms. The molecule has 0 spiro atoms. The topological polar surface area (TPSA) is 105 Å². The fourth-order valence-electron chi connectivity index (χ4n) is 1.87. The quantitative estimate of drug-likeness (QED) is 0.471. The number of ether oxygens (including phenoxy) is 1. The van der Waals surface area contributed by atoms with Crippen LogP contribution >= 0.6 is 22.6 Å². The summed E-state index contributed by atoms with van der Waals surface area (Å²) < 4.78 is 5.40. The zero-order chi connectivity index (χ0) is 13.5. The fraction of sp³-hybridized carbons (Fsp3) is 0.600. The molecule has 3 N–H and O–H groups in total. The highest BCUT2D eigenvalue weighted by molar-refractivity contribution is 14.1. The van der Waals surface area contributed by atoms with Crippen LogP contribution in [0.4, 0.5) is 0 Å². The first kappa shape index (κ1) is 13.7. The summed E-state index contributed by atoms with van der Waals surface area (Å²) >= 11 is 1.78. The molecule has 7 nitrogen and oxygen atoms in total. The molecule has 1 aliphatic rings. The third-order valence-corrected chi connectivity index (χ3v) is 4.03. The Labute approximate surface area is 116 Å². The van der Waals surface area contributed by atoms with E-state index in [2.05, 4.69) is 4.98 Å². The molecule has 2 rings (SSSR count). The van der Waals surface area contributed by atoms with Gasteiger partial charge in [-0.25, -0.2) is 4.79 Å². The van der Waals surface area contributed by atoms with Gasteiger partial charge in [-0.3, -0.25) is 14.3 Å². The van der Waals surface area contributed by atoms with Crippen LogP contribution in [-0.4, -0.2) is 36.1 Å². The van der Waals surface area contributed by atoms with E-state index in [4.69, 9.17) is 9.84 Å². The molecule has 0 unspecified atom stereocenters. The summed E-state index contributed by atoms with van der Waals surface area (Å²) in [6.07, 6.45) is 0.0806. The third kappa shape index (κ3) is 2.37. The Morgan fingerprint density at radius 2 is 2.33 bits per heavy atom. The zero-order valence-corrected chi connectivity index (χ0v) is 11.7. The molecular formula is C10H13IN2O5. The van der Waals surface area contributed by atoms with Crippen molar-refractivity contribution in [2.75, 3.05) is 6.61 Å². The Balaban J connectivity index is 2.38. The summed E-state index contributed by atoms with van der Waals surface area (Å²) in [5, 5.41) is 19.1. The number of aryl methyl sites for hydroxylation is 1. The SMILES string of the molecule is Cc1cn([C@H]2C[C@@](O)(I)[C@@H](CO)O2)c(=O)[nH]c1=O. The highest BCUT2D eigenvalue weighted by atomic mass is 127. The number of rotatable bonds is 2. The van der Waals surface area contributed by atoms with Crippen LogP contribution in [0.2, 0.25) is 0 Å². The highest BCUT2D eigenvalue weighted by Gasteiger charge is 2.46. The first-order valence-electron chi connectivity index (χ1n) is 5.35. The maximum absolute atomic E-state index is 11.7. The molecule has 1 saturated heterocycles. The van der Waals surface area contributed by atoms with E-state index in [1.807, 2.05) is 0 Å². The van der Waals surface area contributed by atoms with Crippen molar-refractivity contribution in [1.82, 2.24) is 9.55 Å². The molecule has 1 aromatic heterocycles. The summed E-state index contributed by atoms with van der Waals surface area (Å²) in [5.74, 6) is 0. The van der Waals surface area contributed by atoms with Crippen LogP contribution in [0.3, 0.4) is 0 Å². The van der Waals surface area contributed by atoms with Crippen molar-refractivity contribution in [2.24, 2.45) is 0 Å². The molecule has 18 heavy (non-hydrogen) atoms. The normalized spacial score (nSPS) is 31.8. The molecule has 100 valence electrons. The van der Waals surface area contributed by atoms with Gasteiger partial charge < -0.3 is 14.9 Å². The minimum absolute atomic E-state index is 0.157. The van der Waals surface area contributed by atoms with Gasteiger partial charge in [0.15, 0.2) is 0 Å². The average molecular weight is 368 g/mol. The van der Waals surface area contributed by atoms with Gasteiger partial charge in [-0.2, -0.15) is 0 Å². The molecule has 1 aromatic rings. The second kappa shape index (κ2) is 4.76. The number of nitrogens with one attached hydrogen (secondary N) is 1. The largest absolute Gasteiger partial charge is 0.394 e. The number of aromatic amines is 1. The number of aliphatic hydroxyl groups excluding tert-OH is 1. The summed E-state index contributed by atoms with van der Waals surface area (Å²) in [6, 6.07) is 0. The Kier molecular flexibility index (Phi) is 3.63. The lowest BCUT2D eigenvalue weighted by molar-refractivity contribution is -0.0495. The number of hydrogen-bond acceptors (Lipinski definition) is 5. The number of aromatic nitrogens is 2. The second-order valence-corrected chi connectivity index (χ2v) is 6.13. The number of hydrogen-bond donors (Lipinski definition) is 3. The average Bonchev–Trinajstić information content (AvgIpc) is 2.58. The Morgan fingerprint density at radius 3 is 2.89 bits per heavy atom. The lowest BCUT2D eigenvalue weighted by Crippen LogP contribution is -2.33. The van der Waals surface area contributed by atoms with Crippen molar-refractivity contribution >= 4 is 22.6 Å². The lowest BCUT2D eigenvalue weighted by atomic mass is 10.2. The van der Waals surface area contributed by atoms with Gasteiger partial charge in [0.05, 0.1) is 6.61 Å². The molecule has 3 atom stereocenters. The van der Waals surface area contributed by atoms with Gasteiger partial charge in [-0.1, -0.05) is 0 Å². The first-order valence-corrected chi connectivity index (χ1v) is 6.42. The van der Waals surface area contributed by atoms with E-state index in [-0.39, 0.29) is 13.0 Å². The van der Waals surface area contributed by atoms with Crippen molar-refractivity contribution in [2.45, 2.75) is 29.3 Å². The van der Waals surface area contributed by atoms with E-state index in [9.17, 15) is 14.7 Å². The molecule has 0 saturated carbocycles. The standard InChI is InChI=1S/C10H13IN2O5/c1-5-3-13(9(16)12-8(5)15)7-2-10(11,17)6(4-14)18-7/h3,6-7,14,17H,2,4H2,1H3,(H,12,15,16)/t6-,7-,10+/m1/s1. The minimum atomic E-state index is -1.24. The van der Waals surface area contributed by atoms with E-state index >= 15 is 0 Å². The maximum atomic E-state index is 11.7. The highest BCUT2D eigenvalue weighted by Crippen LogP contribution is 2.40. The van der Waals surface area contributed by atoms with Gasteiger partial charge in [0.2, 0.25) is 0 Å². The summed E-state index contributed by atoms with van der Waals surface area (Å²) in [4.78, 5) is 25.1. The van der Waals surface area contributed by atoms with Gasteiger partial charge in [-0.05, 0) is 29.5 Å². The lowest BCUT2D eigenvalue weighted by Gasteiger charge is -2.18. The predicted octanol–water partition coefficient (Wildman–Crippen LogP) is -0.752. The molecule has 1 aliphatic heterocycles. The number of alkyl halides is 1. The maximum Gasteiger partial charge on any atom is 0.330 e. The van der Waals surface area contributed by atoms with E-state index in [0.717, 1.165) is 0 Å². The Hall–Kier alpha value is -0.710. The number of aliphatic hydroxyl groups is 2. The van der Waals surface area contributed by atoms with E-state index in [1.165, 1.54) is 10.8 Å². The van der Waals surface area contributed by atoms with Crippen LogP contribution in [0, 0.1) is 6.92 Å². The van der Waals surface area contributed by atoms with Gasteiger partial charge >= 0.3 is 5.69 Å². The van der Waals surface area contributed by atoms with Crippen LogP contribution in [0.1, 0.15) is 18.2 Å². The van der Waals surface area contributed by atoms with Crippen molar-refractivity contribution in [3.63, 3.8) is 0 Å². The monoisotopic (exact) mass is 368 g/mol. The molecule has 0 aliphatic carbocycles. The van der Waals surface area contributed by atoms with Gasteiger partial charge in [0, 0.05) is 18.2 Å². The summed E-state index contributed by atoms with van der Waals surface area (Å²) in [6.45, 7) is 1.23. The van der Waals surface area contributed by atoms with E-state index in [1.54, 1.807) is 29.5 Å². The molecule has 2 heterocycles. The molecule has 0 amide bonds. The first-order chi connectivity index (χ1) is 8.35. The van der Waals surface area contributed by atoms with Crippen molar-refractivity contribution in [3.8, 4) is 0 Å². The van der Waals surface area contributed by atoms with Crippen LogP contribution in [0.5, 0.6) is 0 Å². The second-order valence-electron chi connectivity index (χ2n) is 4.26. The summed E-state index contributed by atoms with van der Waals surface area (Å²) in [5.41, 5.74) is -0.665. The van der Waals surface area contributed by atoms with Gasteiger partial charge in [0.25, 0.3) is 5.56 Å². The molecule has 0 bridgehead atoms. The molecule has 1 fully saturated rings. The number of halogens is 1.